The van der Waals surface area contributed by atoms with E-state index in [0.29, 0.717) is 43.6 Å². The summed E-state index contributed by atoms with van der Waals surface area (Å²) in [6.07, 6.45) is 5.21. The molecule has 0 spiro atoms. The number of nitrogens with one attached hydrogen (secondary N) is 1. The lowest BCUT2D eigenvalue weighted by Gasteiger charge is -2.35. The molecule has 3 aromatic heterocycles. The number of morpholine rings is 1. The van der Waals surface area contributed by atoms with Gasteiger partial charge in [-0.2, -0.15) is 4.98 Å². The molecule has 4 aromatic rings. The Balaban J connectivity index is 1.13. The summed E-state index contributed by atoms with van der Waals surface area (Å²) in [5, 5.41) is 3.97. The van der Waals surface area contributed by atoms with E-state index >= 15 is 8.78 Å². The number of rotatable bonds is 9. The van der Waals surface area contributed by atoms with Gasteiger partial charge in [-0.1, -0.05) is 0 Å². The number of ether oxygens (including phenoxy) is 1. The zero-order chi connectivity index (χ0) is 29.1. The number of benzene rings is 1. The first-order valence-corrected chi connectivity index (χ1v) is 14.4. The molecule has 10 nitrogen and oxygen atoms in total. The van der Waals surface area contributed by atoms with Gasteiger partial charge in [0.2, 0.25) is 5.95 Å². The van der Waals surface area contributed by atoms with Gasteiger partial charge in [0, 0.05) is 82.2 Å². The van der Waals surface area contributed by atoms with E-state index in [1.807, 2.05) is 23.1 Å². The zero-order valence-electron chi connectivity index (χ0n) is 24.1. The van der Waals surface area contributed by atoms with Gasteiger partial charge in [0.1, 0.15) is 23.1 Å². The van der Waals surface area contributed by atoms with Crippen LogP contribution in [0.25, 0.3) is 16.7 Å². The third-order valence-electron chi connectivity index (χ3n) is 7.88. The molecule has 2 saturated heterocycles. The normalized spacial score (nSPS) is 16.9. The fourth-order valence-electron chi connectivity index (χ4n) is 5.37. The second-order valence-corrected chi connectivity index (χ2v) is 11.1. The molecule has 2 aliphatic rings. The fraction of sp³-hybridized carbons (Fsp3) is 0.433. The number of likely N-dealkylation sites (N-methyl/N-ethyl adjacent to an activating group) is 1. The van der Waals surface area contributed by atoms with Gasteiger partial charge >= 0.3 is 0 Å². The average molecular weight is 578 g/mol. The Morgan fingerprint density at radius 2 is 1.67 bits per heavy atom. The minimum atomic E-state index is -0.577. The molecule has 42 heavy (non-hydrogen) atoms. The summed E-state index contributed by atoms with van der Waals surface area (Å²) in [6, 6.07) is 8.51. The van der Waals surface area contributed by atoms with Crippen LogP contribution in [0.4, 0.5) is 26.2 Å². The summed E-state index contributed by atoms with van der Waals surface area (Å²) >= 11 is 0. The van der Waals surface area contributed by atoms with Gasteiger partial charge in [-0.25, -0.2) is 18.7 Å². The van der Waals surface area contributed by atoms with Crippen molar-refractivity contribution in [1.82, 2.24) is 34.2 Å². The van der Waals surface area contributed by atoms with Gasteiger partial charge < -0.3 is 24.4 Å². The molecule has 6 rings (SSSR count). The predicted molar refractivity (Wildman–Crippen MR) is 160 cm³/mol. The smallest absolute Gasteiger partial charge is 0.229 e. The van der Waals surface area contributed by atoms with Crippen molar-refractivity contribution in [3.8, 4) is 5.69 Å². The second-order valence-electron chi connectivity index (χ2n) is 11.1. The van der Waals surface area contributed by atoms with Crippen LogP contribution in [0, 0.1) is 11.6 Å². The molecular weight excluding hydrogens is 540 g/mol. The van der Waals surface area contributed by atoms with Crippen molar-refractivity contribution < 1.29 is 13.5 Å². The molecule has 1 aromatic carbocycles. The van der Waals surface area contributed by atoms with E-state index in [1.54, 1.807) is 23.2 Å². The molecule has 0 bridgehead atoms. The minimum Gasteiger partial charge on any atom is -0.379 e. The molecule has 12 heteroatoms. The van der Waals surface area contributed by atoms with Crippen LogP contribution in [0.2, 0.25) is 0 Å². The number of piperazine rings is 1. The van der Waals surface area contributed by atoms with Crippen LogP contribution in [-0.4, -0.2) is 114 Å². The number of pyridine rings is 1. The van der Waals surface area contributed by atoms with E-state index in [-0.39, 0.29) is 12.1 Å². The van der Waals surface area contributed by atoms with Crippen LogP contribution in [0.15, 0.2) is 48.9 Å². The molecule has 2 aliphatic heterocycles. The predicted octanol–water partition coefficient (Wildman–Crippen LogP) is 3.35. The lowest BCUT2D eigenvalue weighted by atomic mass is 10.1. The number of aromatic nitrogens is 4. The molecule has 5 heterocycles. The van der Waals surface area contributed by atoms with Crippen LogP contribution in [0.3, 0.4) is 0 Å². The standard InChI is InChI=1S/C30H37F2N9O/c1-37(2)7-8-38-9-11-40(12-10-38)28-4-3-23(20-33-28)35-30-34-19-22-5-6-41(29(22)36-30)24-17-26(31)25(27(32)18-24)21-39-13-15-42-16-14-39/h3-6,17-20H,7-16,21H2,1-2H3,(H,34,35,36). The number of anilines is 3. The summed E-state index contributed by atoms with van der Waals surface area (Å²) in [6.45, 7) is 8.73. The van der Waals surface area contributed by atoms with Gasteiger partial charge in [-0.15, -0.1) is 0 Å². The summed E-state index contributed by atoms with van der Waals surface area (Å²) in [7, 11) is 4.20. The number of fused-ring (bicyclic) bond motifs is 1. The fourth-order valence-corrected chi connectivity index (χ4v) is 5.37. The first kappa shape index (κ1) is 28.4. The quantitative estimate of drug-likeness (QED) is 0.322. The Morgan fingerprint density at radius 3 is 2.36 bits per heavy atom. The van der Waals surface area contributed by atoms with Crippen molar-refractivity contribution in [2.45, 2.75) is 6.54 Å². The van der Waals surface area contributed by atoms with Gasteiger partial charge in [0.15, 0.2) is 0 Å². The third-order valence-corrected chi connectivity index (χ3v) is 7.88. The molecule has 0 saturated carbocycles. The molecule has 222 valence electrons. The van der Waals surface area contributed by atoms with E-state index in [4.69, 9.17) is 4.74 Å². The largest absolute Gasteiger partial charge is 0.379 e. The molecule has 0 unspecified atom stereocenters. The van der Waals surface area contributed by atoms with Gasteiger partial charge in [0.05, 0.1) is 30.8 Å². The molecule has 1 N–H and O–H groups in total. The summed E-state index contributed by atoms with van der Waals surface area (Å²) in [5.41, 5.74) is 1.73. The molecule has 2 fully saturated rings. The lowest BCUT2D eigenvalue weighted by molar-refractivity contribution is 0.0332. The molecule has 0 atom stereocenters. The third kappa shape index (κ3) is 6.51. The van der Waals surface area contributed by atoms with Crippen molar-refractivity contribution in [3.63, 3.8) is 0 Å². The summed E-state index contributed by atoms with van der Waals surface area (Å²) in [4.78, 5) is 22.7. The van der Waals surface area contributed by atoms with Crippen molar-refractivity contribution in [2.24, 2.45) is 0 Å². The van der Waals surface area contributed by atoms with Crippen molar-refractivity contribution in [2.75, 3.05) is 89.9 Å². The average Bonchev–Trinajstić information content (AvgIpc) is 3.42. The van der Waals surface area contributed by atoms with E-state index < -0.39 is 11.6 Å². The summed E-state index contributed by atoms with van der Waals surface area (Å²) < 4.78 is 37.2. The van der Waals surface area contributed by atoms with Crippen LogP contribution in [-0.2, 0) is 11.3 Å². The zero-order valence-corrected chi connectivity index (χ0v) is 24.1. The van der Waals surface area contributed by atoms with Gasteiger partial charge in [-0.3, -0.25) is 9.80 Å². The molecular formula is C30H37F2N9O. The lowest BCUT2D eigenvalue weighted by Crippen LogP contribution is -2.48. The van der Waals surface area contributed by atoms with Gasteiger partial charge in [0.25, 0.3) is 0 Å². The first-order chi connectivity index (χ1) is 20.4. The maximum absolute atomic E-state index is 15.1. The first-order valence-electron chi connectivity index (χ1n) is 14.4. The van der Waals surface area contributed by atoms with Crippen LogP contribution in [0.5, 0.6) is 0 Å². The van der Waals surface area contributed by atoms with Gasteiger partial charge in [-0.05, 0) is 44.4 Å². The SMILES string of the molecule is CN(C)CCN1CCN(c2ccc(Nc3ncc4ccn(-c5cc(F)c(CN6CCOCC6)c(F)c5)c4n3)cn2)CC1. The summed E-state index contributed by atoms with van der Waals surface area (Å²) in [5.74, 6) is 0.161. The number of halogens is 2. The highest BCUT2D eigenvalue weighted by Crippen LogP contribution is 2.25. The number of nitrogens with zero attached hydrogens (tertiary/aromatic N) is 8. The van der Waals surface area contributed by atoms with Crippen LogP contribution < -0.4 is 10.2 Å². The van der Waals surface area contributed by atoms with Crippen molar-refractivity contribution >= 4 is 28.5 Å². The Kier molecular flexibility index (Phi) is 8.56. The Bertz CT molecular complexity index is 1470. The minimum absolute atomic E-state index is 0.0660. The van der Waals surface area contributed by atoms with Crippen LogP contribution >= 0.6 is 0 Å². The van der Waals surface area contributed by atoms with Crippen LogP contribution in [0.1, 0.15) is 5.56 Å². The number of hydrogen-bond donors (Lipinski definition) is 1. The van der Waals surface area contributed by atoms with Crippen molar-refractivity contribution in [1.29, 1.82) is 0 Å². The Hall–Kier alpha value is -3.71. The Labute approximate surface area is 244 Å². The van der Waals surface area contributed by atoms with E-state index in [9.17, 15) is 0 Å². The Morgan fingerprint density at radius 1 is 0.905 bits per heavy atom. The number of hydrogen-bond acceptors (Lipinski definition) is 9. The highest BCUT2D eigenvalue weighted by molar-refractivity contribution is 5.78. The topological polar surface area (TPSA) is 77.8 Å². The van der Waals surface area contributed by atoms with E-state index in [1.165, 1.54) is 12.1 Å². The van der Waals surface area contributed by atoms with Crippen molar-refractivity contribution in [3.05, 3.63) is 66.1 Å². The maximum atomic E-state index is 15.1. The molecule has 0 amide bonds. The maximum Gasteiger partial charge on any atom is 0.229 e. The molecule has 0 radical (unpaired) electrons. The van der Waals surface area contributed by atoms with E-state index in [2.05, 4.69) is 49.1 Å². The van der Waals surface area contributed by atoms with E-state index in [0.717, 1.165) is 56.2 Å². The molecule has 0 aliphatic carbocycles. The monoisotopic (exact) mass is 577 g/mol. The second kappa shape index (κ2) is 12.7. The highest BCUT2D eigenvalue weighted by Gasteiger charge is 2.20. The highest BCUT2D eigenvalue weighted by atomic mass is 19.1.